The molecule has 2 aromatic rings. The van der Waals surface area contributed by atoms with E-state index in [0.29, 0.717) is 5.69 Å². The Kier molecular flexibility index (Phi) is 4.26. The number of fused-ring (bicyclic) bond motifs is 1. The van der Waals surface area contributed by atoms with Gasteiger partial charge in [0.05, 0.1) is 24.5 Å². The molecule has 0 saturated heterocycles. The van der Waals surface area contributed by atoms with Gasteiger partial charge < -0.3 is 10.2 Å². The Bertz CT molecular complexity index is 612. The second-order valence-corrected chi connectivity index (χ2v) is 5.76. The number of hydrogen-bond donors (Lipinski definition) is 2. The summed E-state index contributed by atoms with van der Waals surface area (Å²) in [5, 5.41) is 23.7. The van der Waals surface area contributed by atoms with Gasteiger partial charge in [-0.25, -0.2) is 0 Å². The Morgan fingerprint density at radius 2 is 2.00 bits per heavy atom. The zero-order chi connectivity index (χ0) is 14.8. The van der Waals surface area contributed by atoms with Gasteiger partial charge >= 0.3 is 0 Å². The van der Waals surface area contributed by atoms with Gasteiger partial charge in [-0.3, -0.25) is 9.58 Å². The molecule has 0 radical (unpaired) electrons. The van der Waals surface area contributed by atoms with Gasteiger partial charge in [-0.2, -0.15) is 5.10 Å². The summed E-state index contributed by atoms with van der Waals surface area (Å²) in [6.45, 7) is 3.05. The summed E-state index contributed by atoms with van der Waals surface area (Å²) in [5.41, 5.74) is 2.83. The Hall–Kier alpha value is -1.40. The highest BCUT2D eigenvalue weighted by atomic mass is 35.5. The highest BCUT2D eigenvalue weighted by molar-refractivity contribution is 6.30. The monoisotopic (exact) mass is 307 g/mol. The van der Waals surface area contributed by atoms with Crippen molar-refractivity contribution in [2.75, 3.05) is 13.2 Å². The van der Waals surface area contributed by atoms with Crippen LogP contribution in [0.15, 0.2) is 30.3 Å². The first-order chi connectivity index (χ1) is 10.2. The molecular weight excluding hydrogens is 290 g/mol. The smallest absolute Gasteiger partial charge is 0.121 e. The van der Waals surface area contributed by atoms with Gasteiger partial charge in [-0.05, 0) is 23.8 Å². The third-order valence-electron chi connectivity index (χ3n) is 3.73. The topological polar surface area (TPSA) is 61.5 Å². The summed E-state index contributed by atoms with van der Waals surface area (Å²) >= 11 is 5.90. The summed E-state index contributed by atoms with van der Waals surface area (Å²) in [6.07, 6.45) is -0.896. The van der Waals surface area contributed by atoms with E-state index in [0.717, 1.165) is 36.9 Å². The summed E-state index contributed by atoms with van der Waals surface area (Å²) < 4.78 is 1.91. The Morgan fingerprint density at radius 1 is 1.24 bits per heavy atom. The van der Waals surface area contributed by atoms with Crippen molar-refractivity contribution in [2.45, 2.75) is 25.7 Å². The fraction of sp³-hybridized carbons (Fsp3) is 0.400. The SMILES string of the molecule is OCC(O)c1cc2n(n1)CCN(Cc1ccc(Cl)cc1)C2. The van der Waals surface area contributed by atoms with Crippen LogP contribution in [0.3, 0.4) is 0 Å². The van der Waals surface area contributed by atoms with E-state index < -0.39 is 6.10 Å². The number of aliphatic hydroxyl groups excluding tert-OH is 2. The maximum Gasteiger partial charge on any atom is 0.121 e. The van der Waals surface area contributed by atoms with Crippen LogP contribution in [0.25, 0.3) is 0 Å². The number of halogens is 1. The number of aliphatic hydroxyl groups is 2. The van der Waals surface area contributed by atoms with Crippen LogP contribution in [0, 0.1) is 0 Å². The molecule has 112 valence electrons. The molecule has 0 saturated carbocycles. The minimum Gasteiger partial charge on any atom is -0.393 e. The van der Waals surface area contributed by atoms with E-state index >= 15 is 0 Å². The van der Waals surface area contributed by atoms with Gasteiger partial charge in [0.1, 0.15) is 6.10 Å². The van der Waals surface area contributed by atoms with E-state index in [4.69, 9.17) is 16.7 Å². The first kappa shape index (κ1) is 14.5. The van der Waals surface area contributed by atoms with Crippen LogP contribution in [0.5, 0.6) is 0 Å². The Balaban J connectivity index is 1.69. The molecule has 6 heteroatoms. The second kappa shape index (κ2) is 6.15. The van der Waals surface area contributed by atoms with Gasteiger partial charge in [0.15, 0.2) is 0 Å². The fourth-order valence-corrected chi connectivity index (χ4v) is 2.71. The van der Waals surface area contributed by atoms with Crippen molar-refractivity contribution in [1.82, 2.24) is 14.7 Å². The molecule has 1 aliphatic rings. The van der Waals surface area contributed by atoms with Crippen LogP contribution in [-0.4, -0.2) is 38.0 Å². The van der Waals surface area contributed by atoms with E-state index in [9.17, 15) is 5.11 Å². The summed E-state index contributed by atoms with van der Waals surface area (Å²) in [4.78, 5) is 2.33. The third-order valence-corrected chi connectivity index (χ3v) is 3.98. The van der Waals surface area contributed by atoms with Crippen LogP contribution in [-0.2, 0) is 19.6 Å². The Labute approximate surface area is 128 Å². The molecule has 21 heavy (non-hydrogen) atoms. The zero-order valence-corrected chi connectivity index (χ0v) is 12.4. The molecule has 1 atom stereocenters. The van der Waals surface area contributed by atoms with Gasteiger partial charge in [0.2, 0.25) is 0 Å². The summed E-state index contributed by atoms with van der Waals surface area (Å²) in [5.74, 6) is 0. The molecule has 1 aromatic carbocycles. The minimum atomic E-state index is -0.896. The summed E-state index contributed by atoms with van der Waals surface area (Å²) in [6, 6.07) is 9.75. The fourth-order valence-electron chi connectivity index (χ4n) is 2.58. The van der Waals surface area contributed by atoms with E-state index in [2.05, 4.69) is 10.00 Å². The molecule has 1 aromatic heterocycles. The van der Waals surface area contributed by atoms with Gasteiger partial charge in [-0.15, -0.1) is 0 Å². The predicted octanol–water partition coefficient (Wildman–Crippen LogP) is 1.58. The summed E-state index contributed by atoms with van der Waals surface area (Å²) in [7, 11) is 0. The van der Waals surface area contributed by atoms with E-state index in [1.54, 1.807) is 0 Å². The lowest BCUT2D eigenvalue weighted by molar-refractivity contribution is 0.0915. The maximum absolute atomic E-state index is 9.65. The average Bonchev–Trinajstić information content (AvgIpc) is 2.92. The van der Waals surface area contributed by atoms with Crippen LogP contribution in [0.2, 0.25) is 5.02 Å². The molecular formula is C15H18ClN3O2. The van der Waals surface area contributed by atoms with Crippen LogP contribution >= 0.6 is 11.6 Å². The average molecular weight is 308 g/mol. The molecule has 5 nitrogen and oxygen atoms in total. The van der Waals surface area contributed by atoms with Crippen molar-refractivity contribution in [3.8, 4) is 0 Å². The maximum atomic E-state index is 9.65. The number of aromatic nitrogens is 2. The van der Waals surface area contributed by atoms with Gasteiger partial charge in [0.25, 0.3) is 0 Å². The zero-order valence-electron chi connectivity index (χ0n) is 11.6. The normalized spacial score (nSPS) is 16.7. The lowest BCUT2D eigenvalue weighted by atomic mass is 10.2. The van der Waals surface area contributed by atoms with Crippen LogP contribution in [0.1, 0.15) is 23.1 Å². The lowest BCUT2D eigenvalue weighted by Gasteiger charge is -2.27. The predicted molar refractivity (Wildman–Crippen MR) is 79.8 cm³/mol. The molecule has 0 amide bonds. The molecule has 0 fully saturated rings. The van der Waals surface area contributed by atoms with E-state index in [-0.39, 0.29) is 6.61 Å². The third kappa shape index (κ3) is 3.27. The number of nitrogens with zero attached hydrogens (tertiary/aromatic N) is 3. The first-order valence-corrected chi connectivity index (χ1v) is 7.36. The second-order valence-electron chi connectivity index (χ2n) is 5.32. The van der Waals surface area contributed by atoms with E-state index in [1.807, 2.05) is 35.0 Å². The van der Waals surface area contributed by atoms with Gasteiger partial charge in [0, 0.05) is 24.7 Å². The van der Waals surface area contributed by atoms with Crippen molar-refractivity contribution in [3.63, 3.8) is 0 Å². The molecule has 2 heterocycles. The lowest BCUT2D eigenvalue weighted by Crippen LogP contribution is -2.33. The van der Waals surface area contributed by atoms with Crippen LogP contribution < -0.4 is 0 Å². The molecule has 1 unspecified atom stereocenters. The number of hydrogen-bond acceptors (Lipinski definition) is 4. The minimum absolute atomic E-state index is 0.301. The molecule has 0 aliphatic carbocycles. The highest BCUT2D eigenvalue weighted by Crippen LogP contribution is 2.20. The molecule has 0 bridgehead atoms. The largest absolute Gasteiger partial charge is 0.393 e. The first-order valence-electron chi connectivity index (χ1n) is 6.98. The van der Waals surface area contributed by atoms with Crippen molar-refractivity contribution in [3.05, 3.63) is 52.3 Å². The van der Waals surface area contributed by atoms with E-state index in [1.165, 1.54) is 5.56 Å². The molecule has 2 N–H and O–H groups in total. The quantitative estimate of drug-likeness (QED) is 0.900. The molecule has 3 rings (SSSR count). The Morgan fingerprint density at radius 3 is 2.71 bits per heavy atom. The van der Waals surface area contributed by atoms with Crippen molar-refractivity contribution < 1.29 is 10.2 Å². The van der Waals surface area contributed by atoms with Gasteiger partial charge in [-0.1, -0.05) is 23.7 Å². The number of benzene rings is 1. The molecule has 0 spiro atoms. The van der Waals surface area contributed by atoms with Crippen molar-refractivity contribution in [1.29, 1.82) is 0 Å². The highest BCUT2D eigenvalue weighted by Gasteiger charge is 2.20. The van der Waals surface area contributed by atoms with Crippen molar-refractivity contribution >= 4 is 11.6 Å². The standard InChI is InChI=1S/C15H18ClN3O2/c16-12-3-1-11(2-4-12)8-18-5-6-19-13(9-18)7-14(17-19)15(21)10-20/h1-4,7,15,20-21H,5-6,8-10H2. The number of rotatable bonds is 4. The van der Waals surface area contributed by atoms with Crippen molar-refractivity contribution in [2.24, 2.45) is 0 Å². The molecule has 1 aliphatic heterocycles. The van der Waals surface area contributed by atoms with Crippen LogP contribution in [0.4, 0.5) is 0 Å².